The maximum absolute atomic E-state index is 11.7. The van der Waals surface area contributed by atoms with Gasteiger partial charge in [0, 0.05) is 18.2 Å². The minimum atomic E-state index is -0.0125. The molecule has 1 aromatic heterocycles. The van der Waals surface area contributed by atoms with E-state index in [2.05, 4.69) is 15.5 Å². The number of nitrogens with one attached hydrogen (secondary N) is 2. The van der Waals surface area contributed by atoms with Gasteiger partial charge in [0.05, 0.1) is 12.2 Å². The highest BCUT2D eigenvalue weighted by Gasteiger charge is 2.14. The van der Waals surface area contributed by atoms with Crippen molar-refractivity contribution in [3.63, 3.8) is 0 Å². The molecular weight excluding hydrogens is 204 g/mol. The monoisotopic (exact) mass is 224 g/mol. The molecule has 0 aliphatic carbocycles. The number of aromatic nitrogens is 2. The van der Waals surface area contributed by atoms with Crippen molar-refractivity contribution >= 4 is 5.91 Å². The second kappa shape index (κ2) is 6.27. The molecule has 0 aliphatic rings. The van der Waals surface area contributed by atoms with E-state index in [1.165, 1.54) is 0 Å². The number of hydrogen-bond acceptors (Lipinski definition) is 3. The third-order valence-electron chi connectivity index (χ3n) is 2.78. The number of amides is 1. The van der Waals surface area contributed by atoms with Crippen molar-refractivity contribution in [3.05, 3.63) is 18.0 Å². The van der Waals surface area contributed by atoms with Gasteiger partial charge in [-0.05, 0) is 19.4 Å². The van der Waals surface area contributed by atoms with Gasteiger partial charge in [-0.25, -0.2) is 0 Å². The van der Waals surface area contributed by atoms with Crippen LogP contribution in [0.4, 0.5) is 0 Å². The first-order valence-corrected chi connectivity index (χ1v) is 5.65. The van der Waals surface area contributed by atoms with Crippen LogP contribution in [0.5, 0.6) is 0 Å². The van der Waals surface area contributed by atoms with Crippen LogP contribution in [0.25, 0.3) is 0 Å². The number of nitrogens with two attached hydrogens (primary N) is 1. The summed E-state index contributed by atoms with van der Waals surface area (Å²) in [6.07, 6.45) is 4.93. The van der Waals surface area contributed by atoms with Gasteiger partial charge in [-0.2, -0.15) is 5.10 Å². The summed E-state index contributed by atoms with van der Waals surface area (Å²) in [4.78, 5) is 11.7. The van der Waals surface area contributed by atoms with Gasteiger partial charge in [0.1, 0.15) is 0 Å². The Labute approximate surface area is 95.8 Å². The molecule has 0 fully saturated rings. The van der Waals surface area contributed by atoms with Gasteiger partial charge in [0.2, 0.25) is 5.91 Å². The van der Waals surface area contributed by atoms with Gasteiger partial charge in [-0.15, -0.1) is 0 Å². The molecule has 1 rings (SSSR count). The predicted octanol–water partition coefficient (Wildman–Crippen LogP) is 0.962. The van der Waals surface area contributed by atoms with E-state index in [1.54, 1.807) is 12.4 Å². The molecular formula is C11H20N4O. The van der Waals surface area contributed by atoms with E-state index < -0.39 is 0 Å². The third kappa shape index (κ3) is 3.66. The molecule has 0 aromatic carbocycles. The summed E-state index contributed by atoms with van der Waals surface area (Å²) in [5.74, 6) is 0.322. The van der Waals surface area contributed by atoms with Gasteiger partial charge in [-0.3, -0.25) is 9.89 Å². The lowest BCUT2D eigenvalue weighted by Gasteiger charge is -2.15. The number of H-pyrrole nitrogens is 1. The largest absolute Gasteiger partial charge is 0.349 e. The molecule has 0 radical (unpaired) electrons. The highest BCUT2D eigenvalue weighted by Crippen LogP contribution is 2.11. The highest BCUT2D eigenvalue weighted by molar-refractivity contribution is 5.76. The van der Waals surface area contributed by atoms with E-state index in [0.29, 0.717) is 13.0 Å². The lowest BCUT2D eigenvalue weighted by Crippen LogP contribution is -2.30. The fourth-order valence-electron chi connectivity index (χ4n) is 1.54. The van der Waals surface area contributed by atoms with Crippen LogP contribution in [0.1, 0.15) is 38.3 Å². The zero-order valence-electron chi connectivity index (χ0n) is 9.86. The van der Waals surface area contributed by atoms with Crippen LogP contribution in [0, 0.1) is 5.92 Å². The summed E-state index contributed by atoms with van der Waals surface area (Å²) >= 11 is 0. The molecule has 16 heavy (non-hydrogen) atoms. The van der Waals surface area contributed by atoms with Crippen LogP contribution >= 0.6 is 0 Å². The fourth-order valence-corrected chi connectivity index (χ4v) is 1.54. The second-order valence-corrected chi connectivity index (χ2v) is 4.03. The van der Waals surface area contributed by atoms with E-state index in [1.807, 2.05) is 13.8 Å². The van der Waals surface area contributed by atoms with E-state index in [-0.39, 0.29) is 17.9 Å². The summed E-state index contributed by atoms with van der Waals surface area (Å²) in [5.41, 5.74) is 6.54. The summed E-state index contributed by atoms with van der Waals surface area (Å²) in [6.45, 7) is 4.54. The zero-order chi connectivity index (χ0) is 12.0. The van der Waals surface area contributed by atoms with Crippen LogP contribution in [0.3, 0.4) is 0 Å². The van der Waals surface area contributed by atoms with Crippen LogP contribution in [-0.2, 0) is 4.79 Å². The third-order valence-corrected chi connectivity index (χ3v) is 2.78. The van der Waals surface area contributed by atoms with Crippen molar-refractivity contribution in [2.24, 2.45) is 11.7 Å². The number of rotatable bonds is 6. The van der Waals surface area contributed by atoms with Crippen molar-refractivity contribution in [2.45, 2.75) is 32.7 Å². The minimum absolute atomic E-state index is 0.0125. The maximum atomic E-state index is 11.7. The fraction of sp³-hybridized carbons (Fsp3) is 0.636. The van der Waals surface area contributed by atoms with E-state index in [0.717, 1.165) is 12.0 Å². The van der Waals surface area contributed by atoms with Gasteiger partial charge >= 0.3 is 0 Å². The normalized spacial score (nSPS) is 14.4. The summed E-state index contributed by atoms with van der Waals surface area (Å²) in [7, 11) is 0. The molecule has 2 unspecified atom stereocenters. The first kappa shape index (κ1) is 12.7. The SMILES string of the molecule is CCC(CN)CC(=O)NC(C)c1cn[nH]c1. The molecule has 4 N–H and O–H groups in total. The number of aromatic amines is 1. The average Bonchev–Trinajstić information content (AvgIpc) is 2.79. The average molecular weight is 224 g/mol. The summed E-state index contributed by atoms with van der Waals surface area (Å²) in [5, 5.41) is 9.50. The Morgan fingerprint density at radius 1 is 1.69 bits per heavy atom. The molecule has 0 saturated heterocycles. The summed E-state index contributed by atoms with van der Waals surface area (Å²) < 4.78 is 0. The van der Waals surface area contributed by atoms with Crippen LogP contribution in [0.2, 0.25) is 0 Å². The molecule has 1 amide bonds. The summed E-state index contributed by atoms with van der Waals surface area (Å²) in [6, 6.07) is -0.0125. The van der Waals surface area contributed by atoms with Crippen LogP contribution in [-0.4, -0.2) is 22.6 Å². The van der Waals surface area contributed by atoms with Crippen molar-refractivity contribution in [1.29, 1.82) is 0 Å². The Morgan fingerprint density at radius 3 is 2.94 bits per heavy atom. The maximum Gasteiger partial charge on any atom is 0.220 e. The molecule has 1 heterocycles. The second-order valence-electron chi connectivity index (χ2n) is 4.03. The Hall–Kier alpha value is -1.36. The lowest BCUT2D eigenvalue weighted by molar-refractivity contribution is -0.122. The van der Waals surface area contributed by atoms with E-state index in [4.69, 9.17) is 5.73 Å². The smallest absolute Gasteiger partial charge is 0.220 e. The standard InChI is InChI=1S/C11H20N4O/c1-3-9(5-12)4-11(16)15-8(2)10-6-13-14-7-10/h6-9H,3-5,12H2,1-2H3,(H,13,14)(H,15,16). The van der Waals surface area contributed by atoms with Gasteiger partial charge < -0.3 is 11.1 Å². The molecule has 90 valence electrons. The van der Waals surface area contributed by atoms with Crippen LogP contribution < -0.4 is 11.1 Å². The lowest BCUT2D eigenvalue weighted by atomic mass is 10.0. The Balaban J connectivity index is 2.39. The Morgan fingerprint density at radius 2 is 2.44 bits per heavy atom. The minimum Gasteiger partial charge on any atom is -0.349 e. The molecule has 1 aromatic rings. The Kier molecular flexibility index (Phi) is 4.98. The van der Waals surface area contributed by atoms with Gasteiger partial charge in [-0.1, -0.05) is 13.3 Å². The van der Waals surface area contributed by atoms with E-state index in [9.17, 15) is 4.79 Å². The number of carbonyl (C=O) groups is 1. The highest BCUT2D eigenvalue weighted by atomic mass is 16.1. The van der Waals surface area contributed by atoms with E-state index >= 15 is 0 Å². The number of nitrogens with zero attached hydrogens (tertiary/aromatic N) is 1. The number of carbonyl (C=O) groups excluding carboxylic acids is 1. The van der Waals surface area contributed by atoms with Gasteiger partial charge in [0.25, 0.3) is 0 Å². The van der Waals surface area contributed by atoms with Crippen molar-refractivity contribution in [3.8, 4) is 0 Å². The zero-order valence-corrected chi connectivity index (χ0v) is 9.86. The molecule has 5 heteroatoms. The van der Waals surface area contributed by atoms with Crippen molar-refractivity contribution in [2.75, 3.05) is 6.54 Å². The molecule has 0 bridgehead atoms. The first-order chi connectivity index (χ1) is 7.67. The van der Waals surface area contributed by atoms with Gasteiger partial charge in [0.15, 0.2) is 0 Å². The molecule has 0 aliphatic heterocycles. The topological polar surface area (TPSA) is 83.8 Å². The quantitative estimate of drug-likeness (QED) is 0.673. The Bertz CT molecular complexity index is 306. The van der Waals surface area contributed by atoms with Crippen molar-refractivity contribution in [1.82, 2.24) is 15.5 Å². The molecule has 0 spiro atoms. The first-order valence-electron chi connectivity index (χ1n) is 5.65. The molecule has 0 saturated carbocycles. The van der Waals surface area contributed by atoms with Crippen molar-refractivity contribution < 1.29 is 4.79 Å². The molecule has 5 nitrogen and oxygen atoms in total. The molecule has 2 atom stereocenters. The number of hydrogen-bond donors (Lipinski definition) is 3. The van der Waals surface area contributed by atoms with Crippen LogP contribution in [0.15, 0.2) is 12.4 Å². The predicted molar refractivity (Wildman–Crippen MR) is 62.6 cm³/mol.